The van der Waals surface area contributed by atoms with E-state index in [1.54, 1.807) is 6.07 Å². The molecule has 0 unspecified atom stereocenters. The number of hydrogen-bond acceptors (Lipinski definition) is 3. The molecule has 0 aliphatic heterocycles. The molecule has 1 N–H and O–H groups in total. The standard InChI is InChI=1S/C15H24FNO2/c1-4-17-10-13-5-6-15(16)14(9-13)11-18-7-8-19-12(2)3/h5-6,9,12,17H,4,7-8,10-11H2,1-3H3. The molecule has 0 fully saturated rings. The Morgan fingerprint density at radius 2 is 2.05 bits per heavy atom. The van der Waals surface area contributed by atoms with Gasteiger partial charge in [0.2, 0.25) is 0 Å². The van der Waals surface area contributed by atoms with Crippen LogP contribution in [0.1, 0.15) is 31.9 Å². The van der Waals surface area contributed by atoms with Gasteiger partial charge in [-0.1, -0.05) is 13.0 Å². The van der Waals surface area contributed by atoms with Gasteiger partial charge >= 0.3 is 0 Å². The lowest BCUT2D eigenvalue weighted by Crippen LogP contribution is -2.12. The molecule has 19 heavy (non-hydrogen) atoms. The molecular formula is C15H24FNO2. The van der Waals surface area contributed by atoms with Crippen molar-refractivity contribution in [2.45, 2.75) is 40.0 Å². The minimum Gasteiger partial charge on any atom is -0.376 e. The van der Waals surface area contributed by atoms with Crippen molar-refractivity contribution in [3.8, 4) is 0 Å². The highest BCUT2D eigenvalue weighted by Crippen LogP contribution is 2.12. The SMILES string of the molecule is CCNCc1ccc(F)c(COCCOC(C)C)c1. The topological polar surface area (TPSA) is 30.5 Å². The maximum absolute atomic E-state index is 13.6. The lowest BCUT2D eigenvalue weighted by molar-refractivity contribution is 0.0136. The Hall–Kier alpha value is -0.970. The van der Waals surface area contributed by atoms with Gasteiger partial charge in [0.25, 0.3) is 0 Å². The van der Waals surface area contributed by atoms with Crippen LogP contribution in [0.2, 0.25) is 0 Å². The lowest BCUT2D eigenvalue weighted by Gasteiger charge is -2.10. The zero-order valence-electron chi connectivity index (χ0n) is 12.0. The summed E-state index contributed by atoms with van der Waals surface area (Å²) in [7, 11) is 0. The Morgan fingerprint density at radius 3 is 2.74 bits per heavy atom. The van der Waals surface area contributed by atoms with Crippen LogP contribution in [0.25, 0.3) is 0 Å². The Labute approximate surface area is 115 Å². The molecule has 0 radical (unpaired) electrons. The second-order valence-corrected chi connectivity index (χ2v) is 4.68. The van der Waals surface area contributed by atoms with Crippen LogP contribution in [0.3, 0.4) is 0 Å². The Bertz CT molecular complexity index is 369. The highest BCUT2D eigenvalue weighted by Gasteiger charge is 2.04. The summed E-state index contributed by atoms with van der Waals surface area (Å²) in [4.78, 5) is 0. The summed E-state index contributed by atoms with van der Waals surface area (Å²) in [6, 6.07) is 5.14. The molecule has 0 heterocycles. The summed E-state index contributed by atoms with van der Waals surface area (Å²) >= 11 is 0. The monoisotopic (exact) mass is 269 g/mol. The molecule has 108 valence electrons. The average Bonchev–Trinajstić information content (AvgIpc) is 2.38. The van der Waals surface area contributed by atoms with E-state index in [2.05, 4.69) is 5.32 Å². The normalized spacial score (nSPS) is 11.2. The van der Waals surface area contributed by atoms with Crippen molar-refractivity contribution in [1.29, 1.82) is 0 Å². The van der Waals surface area contributed by atoms with E-state index in [9.17, 15) is 4.39 Å². The van der Waals surface area contributed by atoms with Crippen LogP contribution in [0.4, 0.5) is 4.39 Å². The average molecular weight is 269 g/mol. The molecule has 4 heteroatoms. The van der Waals surface area contributed by atoms with Gasteiger partial charge in [-0.2, -0.15) is 0 Å². The molecule has 0 bridgehead atoms. The number of ether oxygens (including phenoxy) is 2. The molecule has 3 nitrogen and oxygen atoms in total. The molecule has 0 atom stereocenters. The predicted molar refractivity (Wildman–Crippen MR) is 74.5 cm³/mol. The van der Waals surface area contributed by atoms with Crippen molar-refractivity contribution >= 4 is 0 Å². The van der Waals surface area contributed by atoms with Crippen LogP contribution in [-0.2, 0) is 22.6 Å². The van der Waals surface area contributed by atoms with Crippen molar-refractivity contribution < 1.29 is 13.9 Å². The third-order valence-corrected chi connectivity index (χ3v) is 2.63. The number of rotatable bonds is 9. The van der Waals surface area contributed by atoms with Crippen LogP contribution in [-0.4, -0.2) is 25.9 Å². The maximum atomic E-state index is 13.6. The largest absolute Gasteiger partial charge is 0.376 e. The number of benzene rings is 1. The molecule has 0 amide bonds. The first-order valence-electron chi connectivity index (χ1n) is 6.80. The number of nitrogens with one attached hydrogen (secondary N) is 1. The summed E-state index contributed by atoms with van der Waals surface area (Å²) in [6.45, 7) is 8.95. The fourth-order valence-electron chi connectivity index (χ4n) is 1.64. The van der Waals surface area contributed by atoms with Gasteiger partial charge < -0.3 is 14.8 Å². The van der Waals surface area contributed by atoms with Crippen LogP contribution in [0.5, 0.6) is 0 Å². The van der Waals surface area contributed by atoms with E-state index >= 15 is 0 Å². The van der Waals surface area contributed by atoms with E-state index in [-0.39, 0.29) is 18.5 Å². The van der Waals surface area contributed by atoms with E-state index in [0.29, 0.717) is 18.8 Å². The van der Waals surface area contributed by atoms with Gasteiger partial charge in [0.05, 0.1) is 25.9 Å². The molecule has 1 aromatic rings. The van der Waals surface area contributed by atoms with Crippen molar-refractivity contribution in [3.63, 3.8) is 0 Å². The third kappa shape index (κ3) is 6.66. The molecule has 0 saturated carbocycles. The first kappa shape index (κ1) is 16.1. The van der Waals surface area contributed by atoms with Crippen LogP contribution in [0.15, 0.2) is 18.2 Å². The Kier molecular flexibility index (Phi) is 7.63. The molecule has 1 aromatic carbocycles. The molecule has 1 rings (SSSR count). The fraction of sp³-hybridized carbons (Fsp3) is 0.600. The van der Waals surface area contributed by atoms with Crippen LogP contribution >= 0.6 is 0 Å². The quantitative estimate of drug-likeness (QED) is 0.699. The summed E-state index contributed by atoms with van der Waals surface area (Å²) in [5.41, 5.74) is 1.67. The molecule has 0 aliphatic rings. The van der Waals surface area contributed by atoms with Gasteiger partial charge in [-0.05, 0) is 38.1 Å². The van der Waals surface area contributed by atoms with Crippen LogP contribution in [0, 0.1) is 5.82 Å². The molecule has 0 spiro atoms. The Balaban J connectivity index is 2.39. The van der Waals surface area contributed by atoms with Gasteiger partial charge in [-0.15, -0.1) is 0 Å². The molecule has 0 aliphatic carbocycles. The van der Waals surface area contributed by atoms with Crippen LogP contribution < -0.4 is 5.32 Å². The van der Waals surface area contributed by atoms with Gasteiger partial charge in [0.15, 0.2) is 0 Å². The van der Waals surface area contributed by atoms with E-state index in [4.69, 9.17) is 9.47 Å². The highest BCUT2D eigenvalue weighted by atomic mass is 19.1. The second-order valence-electron chi connectivity index (χ2n) is 4.68. The fourth-order valence-corrected chi connectivity index (χ4v) is 1.64. The first-order valence-corrected chi connectivity index (χ1v) is 6.80. The molecule has 0 saturated heterocycles. The second kappa shape index (κ2) is 9.02. The van der Waals surface area contributed by atoms with E-state index < -0.39 is 0 Å². The van der Waals surface area contributed by atoms with Crippen molar-refractivity contribution in [3.05, 3.63) is 35.1 Å². The van der Waals surface area contributed by atoms with E-state index in [1.807, 2.05) is 26.8 Å². The Morgan fingerprint density at radius 1 is 1.26 bits per heavy atom. The predicted octanol–water partition coefficient (Wildman–Crippen LogP) is 2.88. The molecule has 0 aromatic heterocycles. The summed E-state index contributed by atoms with van der Waals surface area (Å²) in [5.74, 6) is -0.218. The minimum absolute atomic E-state index is 0.198. The zero-order valence-corrected chi connectivity index (χ0v) is 12.0. The molecular weight excluding hydrogens is 245 g/mol. The summed E-state index contributed by atoms with van der Waals surface area (Å²) < 4.78 is 24.4. The summed E-state index contributed by atoms with van der Waals surface area (Å²) in [6.07, 6.45) is 0.198. The van der Waals surface area contributed by atoms with E-state index in [1.165, 1.54) is 6.07 Å². The minimum atomic E-state index is -0.218. The van der Waals surface area contributed by atoms with Gasteiger partial charge in [-0.25, -0.2) is 4.39 Å². The van der Waals surface area contributed by atoms with Gasteiger partial charge in [-0.3, -0.25) is 0 Å². The maximum Gasteiger partial charge on any atom is 0.128 e. The zero-order chi connectivity index (χ0) is 14.1. The number of hydrogen-bond donors (Lipinski definition) is 1. The van der Waals surface area contributed by atoms with Crippen molar-refractivity contribution in [1.82, 2.24) is 5.32 Å². The van der Waals surface area contributed by atoms with Crippen molar-refractivity contribution in [2.24, 2.45) is 0 Å². The smallest absolute Gasteiger partial charge is 0.128 e. The lowest BCUT2D eigenvalue weighted by atomic mass is 10.1. The highest BCUT2D eigenvalue weighted by molar-refractivity contribution is 5.24. The summed E-state index contributed by atoms with van der Waals surface area (Å²) in [5, 5.41) is 3.22. The van der Waals surface area contributed by atoms with Crippen molar-refractivity contribution in [2.75, 3.05) is 19.8 Å². The third-order valence-electron chi connectivity index (χ3n) is 2.63. The number of halogens is 1. The van der Waals surface area contributed by atoms with Gasteiger partial charge in [0.1, 0.15) is 5.82 Å². The first-order chi connectivity index (χ1) is 9.13. The van der Waals surface area contributed by atoms with Gasteiger partial charge in [0, 0.05) is 12.1 Å². The van der Waals surface area contributed by atoms with E-state index in [0.717, 1.165) is 18.7 Å².